The summed E-state index contributed by atoms with van der Waals surface area (Å²) in [5.41, 5.74) is 0. The summed E-state index contributed by atoms with van der Waals surface area (Å²) in [6, 6.07) is 0.642. The van der Waals surface area contributed by atoms with Crippen molar-refractivity contribution < 1.29 is 0 Å². The summed E-state index contributed by atoms with van der Waals surface area (Å²) in [5, 5.41) is 3.64. The van der Waals surface area contributed by atoms with E-state index in [0.29, 0.717) is 6.04 Å². The number of terminal acetylenes is 1. The van der Waals surface area contributed by atoms with Crippen molar-refractivity contribution in [2.24, 2.45) is 0 Å². The van der Waals surface area contributed by atoms with E-state index in [2.05, 4.69) is 36.9 Å². The van der Waals surface area contributed by atoms with Crippen molar-refractivity contribution in [1.29, 1.82) is 0 Å². The van der Waals surface area contributed by atoms with E-state index in [9.17, 15) is 0 Å². The Bertz CT molecular complexity index is 192. The molecule has 0 rings (SSSR count). The molecule has 0 heterocycles. The first-order valence-corrected chi connectivity index (χ1v) is 7.17. The molecule has 2 nitrogen and oxygen atoms in total. The smallest absolute Gasteiger partial charge is 0.00866 e. The van der Waals surface area contributed by atoms with Crippen LogP contribution in [0, 0.1) is 12.3 Å². The summed E-state index contributed by atoms with van der Waals surface area (Å²) in [4.78, 5) is 2.49. The summed E-state index contributed by atoms with van der Waals surface area (Å²) in [5.74, 6) is 2.73. The van der Waals surface area contributed by atoms with E-state index >= 15 is 0 Å². The number of hydrogen-bond acceptors (Lipinski definition) is 2. The van der Waals surface area contributed by atoms with Crippen LogP contribution in [0.5, 0.6) is 0 Å². The molecule has 0 saturated heterocycles. The maximum atomic E-state index is 5.30. The number of hydrogen-bond donors (Lipinski definition) is 1. The first kappa shape index (κ1) is 16.5. The summed E-state index contributed by atoms with van der Waals surface area (Å²) in [6.07, 6.45) is 11.0. The van der Waals surface area contributed by atoms with Gasteiger partial charge in [0.1, 0.15) is 0 Å². The lowest BCUT2D eigenvalue weighted by atomic mass is 10.1. The molecule has 0 aliphatic rings. The molecular weight excluding hydrogens is 208 g/mol. The highest BCUT2D eigenvalue weighted by Gasteiger charge is 2.09. The van der Waals surface area contributed by atoms with E-state index in [1.54, 1.807) is 0 Å². The maximum absolute atomic E-state index is 5.30. The second kappa shape index (κ2) is 12.0. The SMILES string of the molecule is C#CCCCC(CCN(CC)CC)NCCC. The van der Waals surface area contributed by atoms with Crippen LogP contribution in [0.4, 0.5) is 0 Å². The highest BCUT2D eigenvalue weighted by atomic mass is 15.1. The zero-order valence-corrected chi connectivity index (χ0v) is 12.0. The Balaban J connectivity index is 3.86. The number of nitrogens with one attached hydrogen (secondary N) is 1. The Hall–Kier alpha value is -0.520. The molecule has 0 amide bonds. The van der Waals surface area contributed by atoms with Gasteiger partial charge in [0.2, 0.25) is 0 Å². The van der Waals surface area contributed by atoms with Crippen LogP contribution >= 0.6 is 0 Å². The van der Waals surface area contributed by atoms with Gasteiger partial charge < -0.3 is 10.2 Å². The summed E-state index contributed by atoms with van der Waals surface area (Å²) in [6.45, 7) is 11.3. The second-order valence-corrected chi connectivity index (χ2v) is 4.56. The van der Waals surface area contributed by atoms with Crippen LogP contribution < -0.4 is 5.32 Å². The van der Waals surface area contributed by atoms with Crippen molar-refractivity contribution >= 4 is 0 Å². The standard InChI is InChI=1S/C15H30N2/c1-5-9-10-11-15(16-13-6-2)12-14-17(7-3)8-4/h1,15-16H,6-14H2,2-4H3. The van der Waals surface area contributed by atoms with E-state index in [0.717, 1.165) is 32.5 Å². The van der Waals surface area contributed by atoms with Gasteiger partial charge in [0, 0.05) is 12.5 Å². The third-order valence-corrected chi connectivity index (χ3v) is 3.24. The molecular formula is C15H30N2. The zero-order chi connectivity index (χ0) is 12.9. The van der Waals surface area contributed by atoms with Gasteiger partial charge in [-0.15, -0.1) is 12.3 Å². The lowest BCUT2D eigenvalue weighted by Gasteiger charge is -2.23. The Morgan fingerprint density at radius 1 is 1.18 bits per heavy atom. The Kier molecular flexibility index (Phi) is 11.6. The third kappa shape index (κ3) is 9.21. The molecule has 0 bridgehead atoms. The molecule has 0 saturated carbocycles. The van der Waals surface area contributed by atoms with Crippen LogP contribution in [0.3, 0.4) is 0 Å². The van der Waals surface area contributed by atoms with Crippen molar-refractivity contribution in [1.82, 2.24) is 10.2 Å². The maximum Gasteiger partial charge on any atom is 0.00866 e. The molecule has 0 aliphatic heterocycles. The third-order valence-electron chi connectivity index (χ3n) is 3.24. The van der Waals surface area contributed by atoms with E-state index < -0.39 is 0 Å². The largest absolute Gasteiger partial charge is 0.314 e. The molecule has 0 fully saturated rings. The topological polar surface area (TPSA) is 15.3 Å². The molecule has 1 atom stereocenters. The fourth-order valence-corrected chi connectivity index (χ4v) is 2.03. The van der Waals surface area contributed by atoms with E-state index in [1.807, 2.05) is 0 Å². The molecule has 0 spiro atoms. The molecule has 0 aromatic rings. The fourth-order valence-electron chi connectivity index (χ4n) is 2.03. The number of nitrogens with zero attached hydrogens (tertiary/aromatic N) is 1. The molecule has 1 unspecified atom stereocenters. The minimum Gasteiger partial charge on any atom is -0.314 e. The quantitative estimate of drug-likeness (QED) is 0.440. The fraction of sp³-hybridized carbons (Fsp3) is 0.867. The van der Waals surface area contributed by atoms with Gasteiger partial charge in [-0.3, -0.25) is 0 Å². The highest BCUT2D eigenvalue weighted by Crippen LogP contribution is 2.06. The van der Waals surface area contributed by atoms with Gasteiger partial charge in [-0.2, -0.15) is 0 Å². The molecule has 0 aromatic carbocycles. The average molecular weight is 238 g/mol. The van der Waals surface area contributed by atoms with E-state index in [-0.39, 0.29) is 0 Å². The lowest BCUT2D eigenvalue weighted by molar-refractivity contribution is 0.276. The van der Waals surface area contributed by atoms with Gasteiger partial charge in [-0.1, -0.05) is 20.8 Å². The zero-order valence-electron chi connectivity index (χ0n) is 12.0. The molecule has 0 aliphatic carbocycles. The Morgan fingerprint density at radius 2 is 1.88 bits per heavy atom. The Morgan fingerprint density at radius 3 is 2.41 bits per heavy atom. The van der Waals surface area contributed by atoms with Crippen molar-refractivity contribution in [2.75, 3.05) is 26.2 Å². The van der Waals surface area contributed by atoms with Crippen molar-refractivity contribution in [3.63, 3.8) is 0 Å². The monoisotopic (exact) mass is 238 g/mol. The van der Waals surface area contributed by atoms with Crippen molar-refractivity contribution in [3.8, 4) is 12.3 Å². The molecule has 0 radical (unpaired) electrons. The van der Waals surface area contributed by atoms with E-state index in [4.69, 9.17) is 6.42 Å². The molecule has 0 aromatic heterocycles. The van der Waals surface area contributed by atoms with Crippen LogP contribution in [0.1, 0.15) is 52.9 Å². The summed E-state index contributed by atoms with van der Waals surface area (Å²) < 4.78 is 0. The minimum absolute atomic E-state index is 0.642. The van der Waals surface area contributed by atoms with Gasteiger partial charge in [-0.05, 0) is 51.9 Å². The van der Waals surface area contributed by atoms with Crippen LogP contribution in [0.25, 0.3) is 0 Å². The van der Waals surface area contributed by atoms with Crippen LogP contribution in [-0.2, 0) is 0 Å². The average Bonchev–Trinajstić information content (AvgIpc) is 2.36. The van der Waals surface area contributed by atoms with Gasteiger partial charge >= 0.3 is 0 Å². The van der Waals surface area contributed by atoms with Gasteiger partial charge in [-0.25, -0.2) is 0 Å². The Labute approximate surface area is 108 Å². The minimum atomic E-state index is 0.642. The van der Waals surface area contributed by atoms with Crippen LogP contribution in [0.15, 0.2) is 0 Å². The normalized spacial score (nSPS) is 12.6. The summed E-state index contributed by atoms with van der Waals surface area (Å²) in [7, 11) is 0. The number of rotatable bonds is 11. The van der Waals surface area contributed by atoms with Gasteiger partial charge in [0.15, 0.2) is 0 Å². The van der Waals surface area contributed by atoms with Crippen molar-refractivity contribution in [3.05, 3.63) is 0 Å². The molecule has 100 valence electrons. The van der Waals surface area contributed by atoms with Crippen molar-refractivity contribution in [2.45, 2.75) is 58.9 Å². The van der Waals surface area contributed by atoms with Gasteiger partial charge in [0.25, 0.3) is 0 Å². The predicted molar refractivity (Wildman–Crippen MR) is 77.2 cm³/mol. The number of unbranched alkanes of at least 4 members (excludes halogenated alkanes) is 1. The second-order valence-electron chi connectivity index (χ2n) is 4.56. The van der Waals surface area contributed by atoms with Gasteiger partial charge in [0.05, 0.1) is 0 Å². The van der Waals surface area contributed by atoms with Crippen LogP contribution in [-0.4, -0.2) is 37.1 Å². The highest BCUT2D eigenvalue weighted by molar-refractivity contribution is 4.84. The summed E-state index contributed by atoms with van der Waals surface area (Å²) >= 11 is 0. The molecule has 17 heavy (non-hydrogen) atoms. The van der Waals surface area contributed by atoms with E-state index in [1.165, 1.54) is 25.8 Å². The van der Waals surface area contributed by atoms with Crippen LogP contribution in [0.2, 0.25) is 0 Å². The molecule has 1 N–H and O–H groups in total. The first-order chi connectivity index (χ1) is 8.28. The first-order valence-electron chi connectivity index (χ1n) is 7.17. The molecule has 2 heteroatoms. The predicted octanol–water partition coefficient (Wildman–Crippen LogP) is 2.89. The lowest BCUT2D eigenvalue weighted by Crippen LogP contribution is -2.34.